The molecule has 1 fully saturated rings. The van der Waals surface area contributed by atoms with E-state index in [1.807, 2.05) is 12.1 Å². The first-order valence-corrected chi connectivity index (χ1v) is 5.85. The van der Waals surface area contributed by atoms with E-state index in [9.17, 15) is 0 Å². The smallest absolute Gasteiger partial charge is 0.103 e. The number of hydrogen-bond donors (Lipinski definition) is 1. The average molecular weight is 235 g/mol. The van der Waals surface area contributed by atoms with E-state index in [1.165, 1.54) is 6.42 Å². The molecule has 1 saturated carbocycles. The van der Waals surface area contributed by atoms with Crippen LogP contribution in [-0.2, 0) is 0 Å². The minimum atomic E-state index is 0.457. The number of hydrogen-bond acceptors (Lipinski definition) is 2. The van der Waals surface area contributed by atoms with Crippen LogP contribution in [0, 0.1) is 22.7 Å². The first kappa shape index (κ1) is 11.3. The second kappa shape index (κ2) is 3.99. The van der Waals surface area contributed by atoms with E-state index in [2.05, 4.69) is 25.2 Å². The van der Waals surface area contributed by atoms with Gasteiger partial charge in [-0.05, 0) is 29.9 Å². The minimum Gasteiger partial charge on any atom is -0.384 e. The van der Waals surface area contributed by atoms with Gasteiger partial charge in [-0.25, -0.2) is 0 Å². The summed E-state index contributed by atoms with van der Waals surface area (Å²) < 4.78 is 0. The van der Waals surface area contributed by atoms with Gasteiger partial charge in [-0.15, -0.1) is 0 Å². The van der Waals surface area contributed by atoms with Crippen LogP contribution < -0.4 is 5.32 Å². The van der Waals surface area contributed by atoms with E-state index in [1.54, 1.807) is 6.07 Å². The zero-order valence-corrected chi connectivity index (χ0v) is 10.3. The van der Waals surface area contributed by atoms with Gasteiger partial charge < -0.3 is 5.32 Å². The molecule has 1 N–H and O–H groups in total. The molecular formula is C13H15ClN2. The summed E-state index contributed by atoms with van der Waals surface area (Å²) in [4.78, 5) is 0. The summed E-state index contributed by atoms with van der Waals surface area (Å²) in [6.45, 7) is 5.45. The average Bonchev–Trinajstić information content (AvgIpc) is 2.83. The molecular weight excluding hydrogens is 220 g/mol. The van der Waals surface area contributed by atoms with Crippen molar-refractivity contribution in [2.75, 3.05) is 11.9 Å². The molecule has 1 unspecified atom stereocenters. The lowest BCUT2D eigenvalue weighted by Crippen LogP contribution is -2.08. The highest BCUT2D eigenvalue weighted by Gasteiger charge is 2.44. The molecule has 1 aromatic rings. The summed E-state index contributed by atoms with van der Waals surface area (Å²) in [6.07, 6.45) is 1.25. The topological polar surface area (TPSA) is 35.8 Å². The third-order valence-corrected chi connectivity index (χ3v) is 3.70. The van der Waals surface area contributed by atoms with Crippen molar-refractivity contribution in [2.24, 2.45) is 11.3 Å². The van der Waals surface area contributed by atoms with Gasteiger partial charge in [-0.1, -0.05) is 31.5 Å². The molecule has 0 saturated heterocycles. The van der Waals surface area contributed by atoms with Crippen LogP contribution in [0.15, 0.2) is 18.2 Å². The fraction of sp³-hybridized carbons (Fsp3) is 0.462. The fourth-order valence-electron chi connectivity index (χ4n) is 1.94. The molecule has 0 radical (unpaired) electrons. The quantitative estimate of drug-likeness (QED) is 0.866. The van der Waals surface area contributed by atoms with Crippen molar-refractivity contribution < 1.29 is 0 Å². The maximum Gasteiger partial charge on any atom is 0.103 e. The van der Waals surface area contributed by atoms with Gasteiger partial charge in [0.25, 0.3) is 0 Å². The molecule has 2 nitrogen and oxygen atoms in total. The minimum absolute atomic E-state index is 0.457. The first-order valence-electron chi connectivity index (χ1n) is 5.47. The van der Waals surface area contributed by atoms with Crippen LogP contribution in [-0.4, -0.2) is 6.54 Å². The van der Waals surface area contributed by atoms with Crippen LogP contribution in [0.2, 0.25) is 5.02 Å². The summed E-state index contributed by atoms with van der Waals surface area (Å²) in [7, 11) is 0. The predicted octanol–water partition coefficient (Wildman–Crippen LogP) is 3.67. The largest absolute Gasteiger partial charge is 0.384 e. The molecule has 2 rings (SSSR count). The van der Waals surface area contributed by atoms with Crippen molar-refractivity contribution in [1.82, 2.24) is 0 Å². The number of rotatable bonds is 3. The van der Waals surface area contributed by atoms with Gasteiger partial charge in [0.1, 0.15) is 6.07 Å². The Labute approximate surface area is 101 Å². The SMILES string of the molecule is CC1(C)CC1CNc1cccc(Cl)c1C#N. The van der Waals surface area contributed by atoms with Crippen molar-refractivity contribution in [2.45, 2.75) is 20.3 Å². The summed E-state index contributed by atoms with van der Waals surface area (Å²) >= 11 is 5.95. The van der Waals surface area contributed by atoms with Crippen LogP contribution >= 0.6 is 11.6 Å². The second-order valence-electron chi connectivity index (χ2n) is 5.04. The zero-order valence-electron chi connectivity index (χ0n) is 9.55. The summed E-state index contributed by atoms with van der Waals surface area (Å²) in [5.74, 6) is 0.707. The van der Waals surface area contributed by atoms with Gasteiger partial charge in [0.15, 0.2) is 0 Å². The Kier molecular flexibility index (Phi) is 2.82. The Morgan fingerprint density at radius 3 is 2.81 bits per heavy atom. The van der Waals surface area contributed by atoms with Crippen LogP contribution in [0.4, 0.5) is 5.69 Å². The molecule has 0 bridgehead atoms. The Balaban J connectivity index is 2.05. The van der Waals surface area contributed by atoms with Crippen LogP contribution in [0.3, 0.4) is 0 Å². The van der Waals surface area contributed by atoms with Crippen LogP contribution in [0.5, 0.6) is 0 Å². The number of halogens is 1. The third kappa shape index (κ3) is 2.15. The molecule has 1 atom stereocenters. The van der Waals surface area contributed by atoms with Gasteiger partial charge in [-0.3, -0.25) is 0 Å². The number of benzene rings is 1. The Morgan fingerprint density at radius 2 is 2.25 bits per heavy atom. The normalized spacial score (nSPS) is 21.2. The van der Waals surface area contributed by atoms with Crippen LogP contribution in [0.1, 0.15) is 25.8 Å². The van der Waals surface area contributed by atoms with Gasteiger partial charge in [0.05, 0.1) is 16.3 Å². The molecule has 16 heavy (non-hydrogen) atoms. The first-order chi connectivity index (χ1) is 7.54. The van der Waals surface area contributed by atoms with Crippen molar-refractivity contribution in [3.63, 3.8) is 0 Å². The molecule has 0 spiro atoms. The van der Waals surface area contributed by atoms with Gasteiger partial charge >= 0.3 is 0 Å². The summed E-state index contributed by atoms with van der Waals surface area (Å²) in [6, 6.07) is 7.64. The number of nitriles is 1. The van der Waals surface area contributed by atoms with Crippen molar-refractivity contribution >= 4 is 17.3 Å². The molecule has 1 aliphatic carbocycles. The lowest BCUT2D eigenvalue weighted by atomic mass is 10.1. The molecule has 3 heteroatoms. The Hall–Kier alpha value is -1.20. The van der Waals surface area contributed by atoms with Crippen molar-refractivity contribution in [3.8, 4) is 6.07 Å². The fourth-order valence-corrected chi connectivity index (χ4v) is 2.16. The van der Waals surface area contributed by atoms with Crippen LogP contribution in [0.25, 0.3) is 0 Å². The maximum absolute atomic E-state index is 9.01. The van der Waals surface area contributed by atoms with Gasteiger partial charge in [0, 0.05) is 6.54 Å². The zero-order chi connectivity index (χ0) is 11.8. The van der Waals surface area contributed by atoms with Crippen molar-refractivity contribution in [3.05, 3.63) is 28.8 Å². The molecule has 1 aliphatic rings. The van der Waals surface area contributed by atoms with E-state index >= 15 is 0 Å². The lowest BCUT2D eigenvalue weighted by molar-refractivity contribution is 0.573. The summed E-state index contributed by atoms with van der Waals surface area (Å²) in [5.41, 5.74) is 1.85. The lowest BCUT2D eigenvalue weighted by Gasteiger charge is -2.09. The van der Waals surface area contributed by atoms with E-state index < -0.39 is 0 Å². The maximum atomic E-state index is 9.01. The monoisotopic (exact) mass is 234 g/mol. The molecule has 0 aromatic heterocycles. The van der Waals surface area contributed by atoms with E-state index in [0.29, 0.717) is 21.9 Å². The van der Waals surface area contributed by atoms with Gasteiger partial charge in [0.2, 0.25) is 0 Å². The number of nitrogens with one attached hydrogen (secondary N) is 1. The standard InChI is InChI=1S/C13H15ClN2/c1-13(2)6-9(13)8-16-12-5-3-4-11(14)10(12)7-15/h3-5,9,16H,6,8H2,1-2H3. The van der Waals surface area contributed by atoms with Crippen molar-refractivity contribution in [1.29, 1.82) is 5.26 Å². The van der Waals surface area contributed by atoms with E-state index in [4.69, 9.17) is 16.9 Å². The second-order valence-corrected chi connectivity index (χ2v) is 5.45. The molecule has 0 aliphatic heterocycles. The molecule has 1 aromatic carbocycles. The molecule has 84 valence electrons. The highest BCUT2D eigenvalue weighted by molar-refractivity contribution is 6.32. The Morgan fingerprint density at radius 1 is 1.56 bits per heavy atom. The van der Waals surface area contributed by atoms with E-state index in [-0.39, 0.29) is 0 Å². The molecule has 0 amide bonds. The highest BCUT2D eigenvalue weighted by atomic mass is 35.5. The molecule has 0 heterocycles. The Bertz CT molecular complexity index is 446. The number of nitrogens with zero attached hydrogens (tertiary/aromatic N) is 1. The summed E-state index contributed by atoms with van der Waals surface area (Å²) in [5, 5.41) is 12.8. The predicted molar refractivity (Wildman–Crippen MR) is 66.5 cm³/mol. The number of anilines is 1. The van der Waals surface area contributed by atoms with E-state index in [0.717, 1.165) is 12.2 Å². The third-order valence-electron chi connectivity index (χ3n) is 3.38. The highest BCUT2D eigenvalue weighted by Crippen LogP contribution is 2.51. The van der Waals surface area contributed by atoms with Gasteiger partial charge in [-0.2, -0.15) is 5.26 Å².